The van der Waals surface area contributed by atoms with Crippen LogP contribution in [0.4, 0.5) is 0 Å². The average molecular weight is 435 g/mol. The molecule has 2 nitrogen and oxygen atoms in total. The topological polar surface area (TPSA) is 40.5 Å². The normalized spacial score (nSPS) is 48.5. The largest absolute Gasteiger partial charge is 0.390 e. The summed E-state index contributed by atoms with van der Waals surface area (Å²) < 4.78 is 0. The molecular weight excluding hydrogens is 380 g/mol. The van der Waals surface area contributed by atoms with Crippen LogP contribution in [-0.4, -0.2) is 21.4 Å². The van der Waals surface area contributed by atoms with Gasteiger partial charge in [0.1, 0.15) is 0 Å². The Hall–Kier alpha value is -0.0800. The summed E-state index contributed by atoms with van der Waals surface area (Å²) in [6.45, 7) is 15.4. The van der Waals surface area contributed by atoms with E-state index in [9.17, 15) is 10.2 Å². The minimum absolute atomic E-state index is 0.418. The van der Waals surface area contributed by atoms with Crippen LogP contribution >= 0.6 is 0 Å². The van der Waals surface area contributed by atoms with Crippen LogP contribution in [-0.2, 0) is 0 Å². The van der Waals surface area contributed by atoms with Crippen LogP contribution in [0.1, 0.15) is 132 Å². The molecule has 9 atom stereocenters. The lowest BCUT2D eigenvalue weighted by Crippen LogP contribution is -2.55. The molecule has 0 amide bonds. The van der Waals surface area contributed by atoms with E-state index in [0.29, 0.717) is 10.8 Å². The van der Waals surface area contributed by atoms with Gasteiger partial charge in [0, 0.05) is 0 Å². The lowest BCUT2D eigenvalue weighted by Gasteiger charge is -2.62. The van der Waals surface area contributed by atoms with Gasteiger partial charge in [-0.05, 0) is 131 Å². The van der Waals surface area contributed by atoms with Gasteiger partial charge in [-0.3, -0.25) is 0 Å². The fourth-order valence-corrected chi connectivity index (χ4v) is 8.92. The molecule has 0 radical (unpaired) electrons. The highest BCUT2D eigenvalue weighted by Crippen LogP contribution is 2.68. The summed E-state index contributed by atoms with van der Waals surface area (Å²) in [7, 11) is 0. The summed E-state index contributed by atoms with van der Waals surface area (Å²) in [5.41, 5.74) is 0.136. The molecule has 0 aromatic heterocycles. The Balaban J connectivity index is 0.00000132. The van der Waals surface area contributed by atoms with Crippen molar-refractivity contribution in [3.63, 3.8) is 0 Å². The fourth-order valence-electron chi connectivity index (χ4n) is 8.92. The highest BCUT2D eigenvalue weighted by atomic mass is 16.3. The SMILES string of the molecule is CC.CCC(C)(O)CCC[C@H]1CCC2[C@@H]3CCC4C[C@@](C)(O)CCC4(C)C3CCC21C. The summed E-state index contributed by atoms with van der Waals surface area (Å²) >= 11 is 0. The average Bonchev–Trinajstić information content (AvgIpc) is 3.06. The van der Waals surface area contributed by atoms with Crippen molar-refractivity contribution in [2.24, 2.45) is 40.4 Å². The van der Waals surface area contributed by atoms with Gasteiger partial charge in [0.05, 0.1) is 11.2 Å². The van der Waals surface area contributed by atoms with Crippen LogP contribution in [0.15, 0.2) is 0 Å². The van der Waals surface area contributed by atoms with E-state index in [4.69, 9.17) is 0 Å². The number of rotatable bonds is 5. The van der Waals surface area contributed by atoms with Gasteiger partial charge in [0.25, 0.3) is 0 Å². The molecule has 0 bridgehead atoms. The Morgan fingerprint density at radius 2 is 1.55 bits per heavy atom. The Labute approximate surface area is 194 Å². The Morgan fingerprint density at radius 1 is 0.871 bits per heavy atom. The van der Waals surface area contributed by atoms with Crippen molar-refractivity contribution in [1.29, 1.82) is 0 Å². The predicted octanol–water partition coefficient (Wildman–Crippen LogP) is 7.75. The summed E-state index contributed by atoms with van der Waals surface area (Å²) in [4.78, 5) is 0. The maximum atomic E-state index is 10.7. The van der Waals surface area contributed by atoms with E-state index in [1.807, 2.05) is 20.8 Å². The molecule has 6 unspecified atom stereocenters. The van der Waals surface area contributed by atoms with Crippen molar-refractivity contribution >= 4 is 0 Å². The molecule has 0 saturated heterocycles. The molecular formula is C29H54O2. The van der Waals surface area contributed by atoms with Crippen LogP contribution in [0.3, 0.4) is 0 Å². The summed E-state index contributed by atoms with van der Waals surface area (Å²) in [6, 6.07) is 0. The molecule has 4 rings (SSSR count). The van der Waals surface area contributed by atoms with E-state index in [1.54, 1.807) is 0 Å². The maximum absolute atomic E-state index is 10.7. The molecule has 4 aliphatic carbocycles. The molecule has 0 aliphatic heterocycles. The molecule has 4 fully saturated rings. The first kappa shape index (κ1) is 25.5. The summed E-state index contributed by atoms with van der Waals surface area (Å²) in [5.74, 6) is 4.37. The van der Waals surface area contributed by atoms with E-state index in [0.717, 1.165) is 55.3 Å². The second kappa shape index (κ2) is 9.28. The number of aliphatic hydroxyl groups is 2. The lowest BCUT2D eigenvalue weighted by molar-refractivity contribution is -0.146. The van der Waals surface area contributed by atoms with E-state index in [-0.39, 0.29) is 0 Å². The van der Waals surface area contributed by atoms with Crippen molar-refractivity contribution in [1.82, 2.24) is 0 Å². The van der Waals surface area contributed by atoms with Crippen molar-refractivity contribution < 1.29 is 10.2 Å². The summed E-state index contributed by atoms with van der Waals surface area (Å²) in [5, 5.41) is 21.1. The molecule has 0 spiro atoms. The number of hydrogen-bond donors (Lipinski definition) is 2. The van der Waals surface area contributed by atoms with Crippen LogP contribution in [0.25, 0.3) is 0 Å². The van der Waals surface area contributed by atoms with Crippen LogP contribution in [0, 0.1) is 40.4 Å². The quantitative estimate of drug-likeness (QED) is 0.464. The lowest BCUT2D eigenvalue weighted by atomic mass is 9.44. The Kier molecular flexibility index (Phi) is 7.65. The molecule has 4 saturated carbocycles. The Morgan fingerprint density at radius 3 is 2.23 bits per heavy atom. The highest BCUT2D eigenvalue weighted by Gasteiger charge is 2.60. The third-order valence-electron chi connectivity index (χ3n) is 11.2. The standard InChI is InChI=1S/C27H48O2.C2H6/c1-6-24(2,28)14-7-8-19-10-12-22-21-11-9-20-18-25(3,29)16-17-27(20,5)23(21)13-15-26(19,22)4;1-2/h19-23,28-29H,6-18H2,1-5H3;1-2H3/t19-,20?,21-,22?,23?,24?,25-,26?,27?;/m0./s1. The molecule has 0 heterocycles. The molecule has 2 heteroatoms. The van der Waals surface area contributed by atoms with E-state index in [1.165, 1.54) is 57.8 Å². The minimum Gasteiger partial charge on any atom is -0.390 e. The van der Waals surface area contributed by atoms with Crippen molar-refractivity contribution in [3.05, 3.63) is 0 Å². The summed E-state index contributed by atoms with van der Waals surface area (Å²) in [6.07, 6.45) is 16.1. The van der Waals surface area contributed by atoms with Crippen molar-refractivity contribution in [2.75, 3.05) is 0 Å². The zero-order valence-corrected chi connectivity index (χ0v) is 22.0. The predicted molar refractivity (Wildman–Crippen MR) is 132 cm³/mol. The van der Waals surface area contributed by atoms with Gasteiger partial charge in [-0.2, -0.15) is 0 Å². The highest BCUT2D eigenvalue weighted by molar-refractivity contribution is 5.10. The minimum atomic E-state index is -0.467. The third-order valence-corrected chi connectivity index (χ3v) is 11.2. The Bertz CT molecular complexity index is 596. The van der Waals surface area contributed by atoms with Gasteiger partial charge in [0.2, 0.25) is 0 Å². The first-order valence-corrected chi connectivity index (χ1v) is 14.0. The molecule has 2 N–H and O–H groups in total. The molecule has 4 aliphatic rings. The van der Waals surface area contributed by atoms with Crippen LogP contribution in [0.5, 0.6) is 0 Å². The van der Waals surface area contributed by atoms with Gasteiger partial charge >= 0.3 is 0 Å². The first-order valence-electron chi connectivity index (χ1n) is 14.0. The zero-order valence-electron chi connectivity index (χ0n) is 22.0. The second-order valence-electron chi connectivity index (χ2n) is 12.9. The maximum Gasteiger partial charge on any atom is 0.0622 e. The van der Waals surface area contributed by atoms with Gasteiger partial charge in [-0.1, -0.05) is 41.0 Å². The van der Waals surface area contributed by atoms with Crippen LogP contribution in [0.2, 0.25) is 0 Å². The third kappa shape index (κ3) is 4.77. The van der Waals surface area contributed by atoms with E-state index < -0.39 is 11.2 Å². The van der Waals surface area contributed by atoms with E-state index in [2.05, 4.69) is 27.7 Å². The smallest absolute Gasteiger partial charge is 0.0622 e. The molecule has 0 aromatic rings. The monoisotopic (exact) mass is 434 g/mol. The molecule has 0 aromatic carbocycles. The van der Waals surface area contributed by atoms with Crippen molar-refractivity contribution in [2.45, 2.75) is 143 Å². The molecule has 31 heavy (non-hydrogen) atoms. The van der Waals surface area contributed by atoms with Crippen LogP contribution < -0.4 is 0 Å². The van der Waals surface area contributed by atoms with E-state index >= 15 is 0 Å². The van der Waals surface area contributed by atoms with Gasteiger partial charge in [-0.25, -0.2) is 0 Å². The second-order valence-corrected chi connectivity index (χ2v) is 12.9. The molecule has 182 valence electrons. The van der Waals surface area contributed by atoms with Gasteiger partial charge < -0.3 is 10.2 Å². The number of fused-ring (bicyclic) bond motifs is 5. The zero-order chi connectivity index (χ0) is 23.1. The van der Waals surface area contributed by atoms with Crippen molar-refractivity contribution in [3.8, 4) is 0 Å². The van der Waals surface area contributed by atoms with Gasteiger partial charge in [0.15, 0.2) is 0 Å². The number of hydrogen-bond acceptors (Lipinski definition) is 2. The first-order chi connectivity index (χ1) is 14.5. The van der Waals surface area contributed by atoms with Gasteiger partial charge in [-0.15, -0.1) is 0 Å². The fraction of sp³-hybridized carbons (Fsp3) is 1.00.